The number of hydrogen-bond acceptors (Lipinski definition) is 7. The van der Waals surface area contributed by atoms with E-state index in [0.29, 0.717) is 30.7 Å². The first-order valence-electron chi connectivity index (χ1n) is 11.1. The Bertz CT molecular complexity index is 1070. The lowest BCUT2D eigenvalue weighted by Crippen LogP contribution is -2.34. The molecule has 2 aromatic heterocycles. The number of nitrogens with zero attached hydrogens (tertiary/aromatic N) is 3. The van der Waals surface area contributed by atoms with Gasteiger partial charge in [-0.25, -0.2) is 14.5 Å². The van der Waals surface area contributed by atoms with Crippen LogP contribution in [0.5, 0.6) is 17.5 Å². The summed E-state index contributed by atoms with van der Waals surface area (Å²) in [7, 11) is 1.58. The van der Waals surface area contributed by atoms with E-state index in [2.05, 4.69) is 15.4 Å². The number of benzene rings is 1. The fourth-order valence-corrected chi connectivity index (χ4v) is 3.04. The van der Waals surface area contributed by atoms with Crippen LogP contribution >= 0.6 is 0 Å². The Kier molecular flexibility index (Phi) is 7.99. The molecule has 0 aliphatic carbocycles. The molecule has 9 heteroatoms. The summed E-state index contributed by atoms with van der Waals surface area (Å²) < 4.78 is 23.7. The number of methoxy groups -OCH3 is 1. The zero-order chi connectivity index (χ0) is 24.7. The van der Waals surface area contributed by atoms with Crippen LogP contribution < -0.4 is 19.5 Å². The summed E-state index contributed by atoms with van der Waals surface area (Å²) in [5, 5.41) is 7.28. The van der Waals surface area contributed by atoms with Crippen molar-refractivity contribution in [2.75, 3.05) is 20.3 Å². The number of nitrogens with one attached hydrogen (secondary N) is 1. The minimum Gasteiger partial charge on any atom is -0.492 e. The first-order chi connectivity index (χ1) is 16.1. The summed E-state index contributed by atoms with van der Waals surface area (Å²) in [4.78, 5) is 16.0. The van der Waals surface area contributed by atoms with E-state index in [-0.39, 0.29) is 6.10 Å². The van der Waals surface area contributed by atoms with E-state index in [9.17, 15) is 4.79 Å². The maximum Gasteiger partial charge on any atom is 0.407 e. The van der Waals surface area contributed by atoms with E-state index >= 15 is 0 Å². The van der Waals surface area contributed by atoms with Gasteiger partial charge in [0.1, 0.15) is 18.0 Å². The van der Waals surface area contributed by atoms with E-state index < -0.39 is 11.7 Å². The first-order valence-corrected chi connectivity index (χ1v) is 11.1. The van der Waals surface area contributed by atoms with Gasteiger partial charge in [0.15, 0.2) is 0 Å². The van der Waals surface area contributed by atoms with Crippen molar-refractivity contribution in [3.05, 3.63) is 48.7 Å². The Balaban J connectivity index is 1.70. The van der Waals surface area contributed by atoms with Crippen LogP contribution in [0.1, 0.15) is 34.6 Å². The zero-order valence-corrected chi connectivity index (χ0v) is 20.5. The van der Waals surface area contributed by atoms with Gasteiger partial charge in [-0.1, -0.05) is 0 Å². The molecule has 182 valence electrons. The molecule has 0 saturated carbocycles. The molecule has 1 aromatic carbocycles. The molecule has 0 saturated heterocycles. The summed E-state index contributed by atoms with van der Waals surface area (Å²) >= 11 is 0. The Hall–Kier alpha value is -3.75. The summed E-state index contributed by atoms with van der Waals surface area (Å²) in [6.45, 7) is 10.0. The number of pyridine rings is 1. The third kappa shape index (κ3) is 7.13. The van der Waals surface area contributed by atoms with Crippen molar-refractivity contribution in [2.45, 2.75) is 46.3 Å². The van der Waals surface area contributed by atoms with Crippen molar-refractivity contribution in [2.24, 2.45) is 0 Å². The number of amides is 1. The Labute approximate surface area is 200 Å². The van der Waals surface area contributed by atoms with Crippen LogP contribution in [-0.2, 0) is 4.74 Å². The van der Waals surface area contributed by atoms with E-state index in [1.54, 1.807) is 24.1 Å². The summed E-state index contributed by atoms with van der Waals surface area (Å²) in [6, 6.07) is 13.2. The molecule has 9 nitrogen and oxygen atoms in total. The lowest BCUT2D eigenvalue weighted by atomic mass is 10.1. The van der Waals surface area contributed by atoms with Gasteiger partial charge in [-0.2, -0.15) is 0 Å². The van der Waals surface area contributed by atoms with E-state index in [4.69, 9.17) is 18.9 Å². The van der Waals surface area contributed by atoms with Gasteiger partial charge in [-0.15, -0.1) is 5.10 Å². The molecule has 1 N–H and O–H groups in total. The molecule has 1 amide bonds. The summed E-state index contributed by atoms with van der Waals surface area (Å²) in [6.07, 6.45) is 1.23. The van der Waals surface area contributed by atoms with Crippen LogP contribution in [0.15, 0.2) is 48.7 Å². The normalized spacial score (nSPS) is 11.3. The minimum atomic E-state index is -0.532. The fraction of sp³-hybridized carbons (Fsp3) is 0.400. The average molecular weight is 469 g/mol. The molecule has 0 aliphatic heterocycles. The van der Waals surface area contributed by atoms with Crippen LogP contribution in [0.4, 0.5) is 4.79 Å². The number of hydrogen-bond donors (Lipinski definition) is 1. The first kappa shape index (κ1) is 24.9. The van der Waals surface area contributed by atoms with Crippen LogP contribution in [0.2, 0.25) is 0 Å². The quantitative estimate of drug-likeness (QED) is 0.457. The van der Waals surface area contributed by atoms with Gasteiger partial charge in [0.05, 0.1) is 37.3 Å². The number of aromatic nitrogens is 3. The van der Waals surface area contributed by atoms with Crippen LogP contribution in [0.25, 0.3) is 16.9 Å². The summed E-state index contributed by atoms with van der Waals surface area (Å²) in [5.41, 5.74) is 2.03. The third-order valence-corrected chi connectivity index (χ3v) is 4.41. The molecule has 0 unspecified atom stereocenters. The highest BCUT2D eigenvalue weighted by molar-refractivity contribution is 5.67. The largest absolute Gasteiger partial charge is 0.492 e. The maximum atomic E-state index is 11.7. The molecule has 34 heavy (non-hydrogen) atoms. The molecule has 0 fully saturated rings. The highest BCUT2D eigenvalue weighted by Crippen LogP contribution is 2.29. The Morgan fingerprint density at radius 3 is 2.41 bits per heavy atom. The van der Waals surface area contributed by atoms with Gasteiger partial charge in [-0.3, -0.25) is 0 Å². The molecular formula is C25H32N4O5. The SMILES string of the molecule is COc1ccc(-n2nc(OC(C)C)cc2-c2ccc(OCCNC(=O)OC(C)(C)C)cc2)cn1. The van der Waals surface area contributed by atoms with Crippen LogP contribution in [-0.4, -0.2) is 52.8 Å². The number of ether oxygens (including phenoxy) is 4. The number of rotatable bonds is 9. The molecule has 0 atom stereocenters. The topological polar surface area (TPSA) is 96.7 Å². The second-order valence-electron chi connectivity index (χ2n) is 8.81. The highest BCUT2D eigenvalue weighted by atomic mass is 16.6. The van der Waals surface area contributed by atoms with E-state index in [1.165, 1.54) is 0 Å². The molecular weight excluding hydrogens is 436 g/mol. The standard InChI is InChI=1S/C25H32N4O5/c1-17(2)33-23-15-21(29(28-23)19-9-12-22(31-6)27-16-19)18-7-10-20(11-8-18)32-14-13-26-24(30)34-25(3,4)5/h7-12,15-17H,13-14H2,1-6H3,(H,26,30). The van der Waals surface area contributed by atoms with Gasteiger partial charge >= 0.3 is 6.09 Å². The van der Waals surface area contributed by atoms with Crippen molar-refractivity contribution < 1.29 is 23.7 Å². The zero-order valence-electron chi connectivity index (χ0n) is 20.5. The van der Waals surface area contributed by atoms with Crippen LogP contribution in [0, 0.1) is 0 Å². The second-order valence-corrected chi connectivity index (χ2v) is 8.81. The molecule has 3 rings (SSSR count). The second kappa shape index (κ2) is 10.9. The number of carbonyl (C=O) groups excluding carboxylic acids is 1. The predicted molar refractivity (Wildman–Crippen MR) is 129 cm³/mol. The van der Waals surface area contributed by atoms with Crippen LogP contribution in [0.3, 0.4) is 0 Å². The minimum absolute atomic E-state index is 0.00439. The molecule has 0 radical (unpaired) electrons. The molecule has 3 aromatic rings. The van der Waals surface area contributed by atoms with E-state index in [0.717, 1.165) is 16.9 Å². The Morgan fingerprint density at radius 2 is 1.82 bits per heavy atom. The lowest BCUT2D eigenvalue weighted by Gasteiger charge is -2.19. The third-order valence-electron chi connectivity index (χ3n) is 4.41. The lowest BCUT2D eigenvalue weighted by molar-refractivity contribution is 0.0520. The van der Waals surface area contributed by atoms with Crippen molar-refractivity contribution >= 4 is 6.09 Å². The van der Waals surface area contributed by atoms with Gasteiger partial charge in [0.25, 0.3) is 0 Å². The monoisotopic (exact) mass is 468 g/mol. The van der Waals surface area contributed by atoms with Crippen molar-refractivity contribution in [3.8, 4) is 34.5 Å². The fourth-order valence-electron chi connectivity index (χ4n) is 3.04. The van der Waals surface area contributed by atoms with Gasteiger partial charge in [-0.05, 0) is 65.0 Å². The van der Waals surface area contributed by atoms with Gasteiger partial charge in [0, 0.05) is 17.7 Å². The van der Waals surface area contributed by atoms with E-state index in [1.807, 2.05) is 71.0 Å². The maximum absolute atomic E-state index is 11.7. The number of carbonyl (C=O) groups is 1. The molecule has 0 aliphatic rings. The van der Waals surface area contributed by atoms with Crippen molar-refractivity contribution in [1.82, 2.24) is 20.1 Å². The van der Waals surface area contributed by atoms with Gasteiger partial charge in [0.2, 0.25) is 11.8 Å². The Morgan fingerprint density at radius 1 is 1.09 bits per heavy atom. The number of alkyl carbamates (subject to hydrolysis) is 1. The molecule has 0 spiro atoms. The predicted octanol–water partition coefficient (Wildman–Crippen LogP) is 4.63. The molecule has 2 heterocycles. The van der Waals surface area contributed by atoms with Crippen molar-refractivity contribution in [3.63, 3.8) is 0 Å². The average Bonchev–Trinajstić information content (AvgIpc) is 3.19. The van der Waals surface area contributed by atoms with Gasteiger partial charge < -0.3 is 24.3 Å². The van der Waals surface area contributed by atoms with Crippen molar-refractivity contribution in [1.29, 1.82) is 0 Å². The smallest absolute Gasteiger partial charge is 0.407 e. The highest BCUT2D eigenvalue weighted by Gasteiger charge is 2.16. The summed E-state index contributed by atoms with van der Waals surface area (Å²) in [5.74, 6) is 1.73. The molecule has 0 bridgehead atoms.